The fraction of sp³-hybridized carbons (Fsp3) is 0.115. The number of rotatable bonds is 4. The van der Waals surface area contributed by atoms with Crippen LogP contribution in [0.3, 0.4) is 0 Å². The number of aliphatic imine (C=N–C) groups is 1. The molecule has 0 N–H and O–H groups in total. The van der Waals surface area contributed by atoms with Crippen molar-refractivity contribution < 1.29 is 9.53 Å². The first kappa shape index (κ1) is 21.5. The van der Waals surface area contributed by atoms with E-state index in [1.54, 1.807) is 7.11 Å². The maximum Gasteiger partial charge on any atom is 0.311 e. The van der Waals surface area contributed by atoms with Crippen molar-refractivity contribution in [3.05, 3.63) is 105 Å². The molecule has 3 aromatic rings. The van der Waals surface area contributed by atoms with Crippen LogP contribution in [-0.4, -0.2) is 28.9 Å². The van der Waals surface area contributed by atoms with E-state index in [9.17, 15) is 4.79 Å². The summed E-state index contributed by atoms with van der Waals surface area (Å²) in [6.45, 7) is 0. The molecular formula is C26H20ClN3O2S. The van der Waals surface area contributed by atoms with Crippen molar-refractivity contribution >= 4 is 46.2 Å². The van der Waals surface area contributed by atoms with E-state index in [2.05, 4.69) is 4.99 Å². The second-order valence-corrected chi connectivity index (χ2v) is 9.04. The van der Waals surface area contributed by atoms with Gasteiger partial charge in [-0.25, -0.2) is 5.01 Å². The first-order valence-corrected chi connectivity index (χ1v) is 11.6. The van der Waals surface area contributed by atoms with Gasteiger partial charge >= 0.3 is 5.24 Å². The number of benzene rings is 3. The number of ether oxygens (including phenoxy) is 1. The van der Waals surface area contributed by atoms with Gasteiger partial charge in [0.25, 0.3) is 0 Å². The van der Waals surface area contributed by atoms with Crippen molar-refractivity contribution in [1.82, 2.24) is 5.01 Å². The van der Waals surface area contributed by atoms with Gasteiger partial charge in [0.05, 0.1) is 23.8 Å². The quantitative estimate of drug-likeness (QED) is 0.417. The number of nitrogens with zero attached hydrogens (tertiary/aromatic N) is 3. The van der Waals surface area contributed by atoms with E-state index in [4.69, 9.17) is 21.4 Å². The number of amidine groups is 1. The Labute approximate surface area is 201 Å². The maximum absolute atomic E-state index is 12.4. The van der Waals surface area contributed by atoms with Crippen LogP contribution < -0.4 is 4.74 Å². The third kappa shape index (κ3) is 4.58. The van der Waals surface area contributed by atoms with E-state index >= 15 is 0 Å². The highest BCUT2D eigenvalue weighted by molar-refractivity contribution is 8.18. The topological polar surface area (TPSA) is 54.3 Å². The Kier molecular flexibility index (Phi) is 6.03. The molecule has 164 valence electrons. The number of carbonyl (C=O) groups is 1. The third-order valence-electron chi connectivity index (χ3n) is 5.52. The summed E-state index contributed by atoms with van der Waals surface area (Å²) in [4.78, 5) is 17.5. The van der Waals surface area contributed by atoms with Crippen molar-refractivity contribution in [2.45, 2.75) is 12.5 Å². The molecule has 1 amide bonds. The molecule has 5 rings (SSSR count). The van der Waals surface area contributed by atoms with Crippen molar-refractivity contribution in [2.24, 2.45) is 10.1 Å². The minimum atomic E-state index is -0.248. The highest BCUT2D eigenvalue weighted by atomic mass is 35.5. The van der Waals surface area contributed by atoms with Gasteiger partial charge in [0.15, 0.2) is 5.84 Å². The number of hydrogen-bond acceptors (Lipinski definition) is 5. The molecule has 2 heterocycles. The predicted molar refractivity (Wildman–Crippen MR) is 135 cm³/mol. The number of methoxy groups -OCH3 is 1. The van der Waals surface area contributed by atoms with E-state index in [0.29, 0.717) is 17.3 Å². The predicted octanol–water partition coefficient (Wildman–Crippen LogP) is 6.81. The summed E-state index contributed by atoms with van der Waals surface area (Å²) in [5.41, 5.74) is 4.02. The number of carbonyl (C=O) groups excluding carboxylic acids is 1. The van der Waals surface area contributed by atoms with Crippen LogP contribution in [0, 0.1) is 0 Å². The zero-order chi connectivity index (χ0) is 22.8. The van der Waals surface area contributed by atoms with Gasteiger partial charge in [0.1, 0.15) is 5.75 Å². The number of hydrogen-bond donors (Lipinski definition) is 0. The molecule has 7 heteroatoms. The van der Waals surface area contributed by atoms with Gasteiger partial charge in [-0.2, -0.15) is 10.1 Å². The second kappa shape index (κ2) is 9.25. The molecule has 0 aliphatic carbocycles. The molecule has 5 nitrogen and oxygen atoms in total. The molecular weight excluding hydrogens is 454 g/mol. The summed E-state index contributed by atoms with van der Waals surface area (Å²) < 4.78 is 5.32. The maximum atomic E-state index is 12.4. The van der Waals surface area contributed by atoms with Crippen molar-refractivity contribution in [3.63, 3.8) is 0 Å². The Bertz CT molecular complexity index is 1270. The largest absolute Gasteiger partial charge is 0.497 e. The lowest BCUT2D eigenvalue weighted by Crippen LogP contribution is -2.26. The molecule has 0 saturated heterocycles. The van der Waals surface area contributed by atoms with Crippen LogP contribution in [0.2, 0.25) is 5.02 Å². The highest BCUT2D eigenvalue weighted by Crippen LogP contribution is 2.39. The van der Waals surface area contributed by atoms with Gasteiger partial charge in [-0.3, -0.25) is 4.79 Å². The Morgan fingerprint density at radius 2 is 1.76 bits per heavy atom. The van der Waals surface area contributed by atoms with E-state index in [0.717, 1.165) is 44.8 Å². The van der Waals surface area contributed by atoms with Gasteiger partial charge in [0.2, 0.25) is 0 Å². The summed E-state index contributed by atoms with van der Waals surface area (Å²) in [6, 6.07) is 25.4. The molecule has 2 aliphatic heterocycles. The van der Waals surface area contributed by atoms with Crippen LogP contribution in [0.25, 0.3) is 6.08 Å². The fourth-order valence-electron chi connectivity index (χ4n) is 3.87. The number of halogens is 1. The van der Waals surface area contributed by atoms with Gasteiger partial charge in [-0.1, -0.05) is 66.2 Å². The Hall–Kier alpha value is -3.35. The van der Waals surface area contributed by atoms with E-state index in [1.165, 1.54) is 0 Å². The Balaban J connectivity index is 1.55. The molecule has 0 unspecified atom stereocenters. The SMILES string of the molecule is COc1ccc([C@H]2CC(c3ccccc3)=NN2C2=NC(=O)S/C2=C\c2ccc(Cl)cc2)cc1. The number of hydrazone groups is 1. The van der Waals surface area contributed by atoms with E-state index < -0.39 is 0 Å². The van der Waals surface area contributed by atoms with Crippen LogP contribution in [0.15, 0.2) is 93.9 Å². The molecule has 0 bridgehead atoms. The standard InChI is InChI=1S/C26H20ClN3O2S/c1-32-21-13-9-19(10-14-21)23-16-22(18-5-3-2-4-6-18)29-30(23)25-24(33-26(31)28-25)15-17-7-11-20(27)12-8-17/h2-15,23H,16H2,1H3/b24-15-/t23-/m1/s1. The summed E-state index contributed by atoms with van der Waals surface area (Å²) in [5.74, 6) is 1.35. The molecule has 0 fully saturated rings. The molecule has 0 aromatic heterocycles. The smallest absolute Gasteiger partial charge is 0.311 e. The van der Waals surface area contributed by atoms with Crippen LogP contribution >= 0.6 is 23.4 Å². The van der Waals surface area contributed by atoms with Crippen molar-refractivity contribution in [1.29, 1.82) is 0 Å². The molecule has 0 radical (unpaired) electrons. The van der Waals surface area contributed by atoms with Crippen LogP contribution in [-0.2, 0) is 0 Å². The number of amides is 1. The minimum absolute atomic E-state index is 0.0926. The average Bonchev–Trinajstić information content (AvgIpc) is 3.44. The molecule has 2 aliphatic rings. The fourth-order valence-corrected chi connectivity index (χ4v) is 4.74. The van der Waals surface area contributed by atoms with Crippen LogP contribution in [0.1, 0.15) is 29.2 Å². The van der Waals surface area contributed by atoms with Crippen LogP contribution in [0.5, 0.6) is 5.75 Å². The van der Waals surface area contributed by atoms with E-state index in [1.807, 2.05) is 89.9 Å². The molecule has 33 heavy (non-hydrogen) atoms. The van der Waals surface area contributed by atoms with E-state index in [-0.39, 0.29) is 11.3 Å². The summed E-state index contributed by atoms with van der Waals surface area (Å²) in [5, 5.41) is 7.24. The average molecular weight is 474 g/mol. The normalized spacial score (nSPS) is 19.1. The van der Waals surface area contributed by atoms with Crippen molar-refractivity contribution in [2.75, 3.05) is 7.11 Å². The zero-order valence-electron chi connectivity index (χ0n) is 17.8. The lowest BCUT2D eigenvalue weighted by Gasteiger charge is -2.24. The first-order chi connectivity index (χ1) is 16.1. The zero-order valence-corrected chi connectivity index (χ0v) is 19.4. The number of thioether (sulfide) groups is 1. The highest BCUT2D eigenvalue weighted by Gasteiger charge is 2.36. The molecule has 1 atom stereocenters. The lowest BCUT2D eigenvalue weighted by atomic mass is 9.98. The van der Waals surface area contributed by atoms with Crippen molar-refractivity contribution in [3.8, 4) is 5.75 Å². The second-order valence-electron chi connectivity index (χ2n) is 7.61. The molecule has 0 saturated carbocycles. The third-order valence-corrected chi connectivity index (χ3v) is 6.56. The molecule has 0 spiro atoms. The minimum Gasteiger partial charge on any atom is -0.497 e. The summed E-state index contributed by atoms with van der Waals surface area (Å²) in [6.07, 6.45) is 2.65. The van der Waals surface area contributed by atoms with Crippen LogP contribution in [0.4, 0.5) is 4.79 Å². The van der Waals surface area contributed by atoms with Gasteiger partial charge in [-0.05, 0) is 58.8 Å². The summed E-state index contributed by atoms with van der Waals surface area (Å²) >= 11 is 7.14. The van der Waals surface area contributed by atoms with Gasteiger partial charge in [0, 0.05) is 11.4 Å². The Morgan fingerprint density at radius 3 is 2.45 bits per heavy atom. The van der Waals surface area contributed by atoms with Gasteiger partial charge < -0.3 is 4.74 Å². The lowest BCUT2D eigenvalue weighted by molar-refractivity contribution is 0.267. The molecule has 3 aromatic carbocycles. The Morgan fingerprint density at radius 1 is 1.03 bits per heavy atom. The first-order valence-electron chi connectivity index (χ1n) is 10.4. The monoisotopic (exact) mass is 473 g/mol. The summed E-state index contributed by atoms with van der Waals surface area (Å²) in [7, 11) is 1.65. The van der Waals surface area contributed by atoms with Gasteiger partial charge in [-0.15, -0.1) is 0 Å².